The fourth-order valence-corrected chi connectivity index (χ4v) is 2.37. The van der Waals surface area contributed by atoms with Crippen molar-refractivity contribution in [3.8, 4) is 0 Å². The highest BCUT2D eigenvalue weighted by Crippen LogP contribution is 2.23. The first-order valence-corrected chi connectivity index (χ1v) is 7.69. The van der Waals surface area contributed by atoms with Crippen molar-refractivity contribution in [2.45, 2.75) is 45.4 Å². The summed E-state index contributed by atoms with van der Waals surface area (Å²) in [6.07, 6.45) is 0.177. The molecule has 7 N–H and O–H groups in total. The quantitative estimate of drug-likeness (QED) is 0.470. The Kier molecular flexibility index (Phi) is 5.09. The Morgan fingerprint density at radius 2 is 2.17 bits per heavy atom. The highest BCUT2D eigenvalue weighted by molar-refractivity contribution is 5.76. The first-order valence-electron chi connectivity index (χ1n) is 7.69. The Morgan fingerprint density at radius 1 is 1.48 bits per heavy atom. The van der Waals surface area contributed by atoms with Crippen LogP contribution in [0.1, 0.15) is 27.2 Å². The van der Waals surface area contributed by atoms with Crippen molar-refractivity contribution in [3.05, 3.63) is 10.4 Å². The van der Waals surface area contributed by atoms with Crippen LogP contribution in [0.5, 0.6) is 0 Å². The predicted octanol–water partition coefficient (Wildman–Crippen LogP) is -0.137. The summed E-state index contributed by atoms with van der Waals surface area (Å²) in [4.78, 5) is 30.5. The number of rotatable bonds is 5. The van der Waals surface area contributed by atoms with Gasteiger partial charge in [-0.25, -0.2) is 0 Å². The molecule has 128 valence electrons. The summed E-state index contributed by atoms with van der Waals surface area (Å²) in [5.74, 6) is -0.0117. The summed E-state index contributed by atoms with van der Waals surface area (Å²) in [6.45, 7) is 6.07. The summed E-state index contributed by atoms with van der Waals surface area (Å²) >= 11 is 0. The van der Waals surface area contributed by atoms with Gasteiger partial charge in [0.2, 0.25) is 5.95 Å². The second-order valence-electron chi connectivity index (χ2n) is 5.96. The Morgan fingerprint density at radius 3 is 2.78 bits per heavy atom. The lowest BCUT2D eigenvalue weighted by Crippen LogP contribution is -2.48. The van der Waals surface area contributed by atoms with E-state index in [9.17, 15) is 9.59 Å². The topological polar surface area (TPSA) is 148 Å². The molecule has 1 aromatic heterocycles. The summed E-state index contributed by atoms with van der Waals surface area (Å²) in [6, 6.07) is -0.930. The molecule has 1 aliphatic rings. The van der Waals surface area contributed by atoms with Gasteiger partial charge < -0.3 is 26.8 Å². The van der Waals surface area contributed by atoms with Crippen LogP contribution in [0.2, 0.25) is 0 Å². The van der Waals surface area contributed by atoms with Gasteiger partial charge in [-0.15, -0.1) is 0 Å². The van der Waals surface area contributed by atoms with E-state index in [1.807, 2.05) is 20.8 Å². The van der Waals surface area contributed by atoms with Gasteiger partial charge in [0, 0.05) is 6.54 Å². The molecule has 23 heavy (non-hydrogen) atoms. The molecule has 0 radical (unpaired) electrons. The molecule has 0 bridgehead atoms. The van der Waals surface area contributed by atoms with Crippen molar-refractivity contribution in [2.75, 3.05) is 22.9 Å². The molecular formula is C14H24N6O3. The maximum Gasteiger partial charge on any atom is 0.323 e. The zero-order valence-corrected chi connectivity index (χ0v) is 13.6. The molecule has 0 saturated heterocycles. The van der Waals surface area contributed by atoms with Crippen LogP contribution in [0.15, 0.2) is 4.79 Å². The minimum absolute atomic E-state index is 0.00630. The number of anilines is 3. The molecular weight excluding hydrogens is 300 g/mol. The van der Waals surface area contributed by atoms with Crippen molar-refractivity contribution in [1.82, 2.24) is 9.97 Å². The van der Waals surface area contributed by atoms with Crippen LogP contribution >= 0.6 is 0 Å². The number of nitrogen functional groups attached to an aromatic ring is 1. The molecule has 3 atom stereocenters. The summed E-state index contributed by atoms with van der Waals surface area (Å²) < 4.78 is 5.52. The number of nitrogens with one attached hydrogen (secondary N) is 3. The van der Waals surface area contributed by atoms with Crippen LogP contribution in [-0.4, -0.2) is 40.7 Å². The average Bonchev–Trinajstić information content (AvgIpc) is 2.51. The number of fused-ring (bicyclic) bond motifs is 1. The maximum atomic E-state index is 12.1. The van der Waals surface area contributed by atoms with Gasteiger partial charge in [-0.1, -0.05) is 20.8 Å². The number of nitrogens with zero attached hydrogens (tertiary/aromatic N) is 1. The fraction of sp³-hybridized carbons (Fsp3) is 0.643. The molecule has 0 aliphatic carbocycles. The van der Waals surface area contributed by atoms with Gasteiger partial charge in [0.1, 0.15) is 17.8 Å². The molecule has 9 nitrogen and oxygen atoms in total. The minimum Gasteiger partial charge on any atom is -0.459 e. The van der Waals surface area contributed by atoms with Crippen molar-refractivity contribution in [3.63, 3.8) is 0 Å². The molecule has 2 rings (SSSR count). The smallest absolute Gasteiger partial charge is 0.323 e. The standard InChI is InChI=1S/C14H24N6O3/c1-4-8(23-13(22)9(15)6(2)3)7-5-17-11-10(18-7)12(21)20-14(16)19-11/h6-9,18H,4-5,15H2,1-3H3,(H4,16,17,19,20,21)/t7?,8-,9-/m0/s1. The van der Waals surface area contributed by atoms with E-state index in [0.717, 1.165) is 0 Å². The first-order chi connectivity index (χ1) is 10.8. The molecule has 1 unspecified atom stereocenters. The van der Waals surface area contributed by atoms with Gasteiger partial charge in [0.05, 0.1) is 6.04 Å². The molecule has 1 aromatic rings. The third kappa shape index (κ3) is 3.73. The Hall–Kier alpha value is -2.29. The first kappa shape index (κ1) is 17.1. The average molecular weight is 324 g/mol. The second kappa shape index (κ2) is 6.86. The molecule has 0 saturated carbocycles. The summed E-state index contributed by atoms with van der Waals surface area (Å²) in [5, 5.41) is 6.11. The van der Waals surface area contributed by atoms with E-state index in [2.05, 4.69) is 20.6 Å². The normalized spacial score (nSPS) is 19.3. The number of carbonyl (C=O) groups excluding carboxylic acids is 1. The number of hydrogen-bond donors (Lipinski definition) is 5. The van der Waals surface area contributed by atoms with E-state index < -0.39 is 18.1 Å². The third-order valence-electron chi connectivity index (χ3n) is 3.87. The lowest BCUT2D eigenvalue weighted by molar-refractivity contribution is -0.152. The Bertz CT molecular complexity index is 629. The lowest BCUT2D eigenvalue weighted by Gasteiger charge is -2.32. The third-order valence-corrected chi connectivity index (χ3v) is 3.87. The number of esters is 1. The lowest BCUT2D eigenvalue weighted by atomic mass is 10.0. The van der Waals surface area contributed by atoms with E-state index in [0.29, 0.717) is 18.8 Å². The van der Waals surface area contributed by atoms with Crippen molar-refractivity contribution >= 4 is 23.4 Å². The predicted molar refractivity (Wildman–Crippen MR) is 88.2 cm³/mol. The molecule has 2 heterocycles. The van der Waals surface area contributed by atoms with E-state index in [1.54, 1.807) is 0 Å². The largest absolute Gasteiger partial charge is 0.459 e. The van der Waals surface area contributed by atoms with Crippen LogP contribution in [0.4, 0.5) is 17.5 Å². The minimum atomic E-state index is -0.669. The molecule has 1 aliphatic heterocycles. The zero-order chi connectivity index (χ0) is 17.1. The summed E-state index contributed by atoms with van der Waals surface area (Å²) in [7, 11) is 0. The van der Waals surface area contributed by atoms with Crippen molar-refractivity contribution in [2.24, 2.45) is 11.7 Å². The number of H-pyrrole nitrogens is 1. The van der Waals surface area contributed by atoms with Crippen LogP contribution in [0.3, 0.4) is 0 Å². The van der Waals surface area contributed by atoms with Crippen LogP contribution in [-0.2, 0) is 9.53 Å². The highest BCUT2D eigenvalue weighted by atomic mass is 16.5. The van der Waals surface area contributed by atoms with Gasteiger partial charge in [0.25, 0.3) is 5.56 Å². The fourth-order valence-electron chi connectivity index (χ4n) is 2.37. The van der Waals surface area contributed by atoms with E-state index >= 15 is 0 Å². The molecule has 0 aromatic carbocycles. The van der Waals surface area contributed by atoms with E-state index in [1.165, 1.54) is 0 Å². The van der Waals surface area contributed by atoms with Crippen molar-refractivity contribution in [1.29, 1.82) is 0 Å². The molecule has 0 spiro atoms. The highest BCUT2D eigenvalue weighted by Gasteiger charge is 2.31. The van der Waals surface area contributed by atoms with Gasteiger partial charge in [-0.2, -0.15) is 4.98 Å². The molecule has 9 heteroatoms. The van der Waals surface area contributed by atoms with Gasteiger partial charge >= 0.3 is 5.97 Å². The van der Waals surface area contributed by atoms with Crippen LogP contribution < -0.4 is 27.7 Å². The number of aromatic amines is 1. The van der Waals surface area contributed by atoms with Gasteiger partial charge in [-0.3, -0.25) is 14.6 Å². The van der Waals surface area contributed by atoms with E-state index in [-0.39, 0.29) is 29.2 Å². The van der Waals surface area contributed by atoms with Crippen molar-refractivity contribution < 1.29 is 9.53 Å². The number of ether oxygens (including phenoxy) is 1. The summed E-state index contributed by atoms with van der Waals surface area (Å²) in [5.41, 5.74) is 11.3. The molecule has 0 fully saturated rings. The number of aromatic nitrogens is 2. The Labute approximate surface area is 134 Å². The SMILES string of the molecule is CC[C@H](OC(=O)[C@@H](N)C(C)C)C1CNc2nc(N)[nH]c(=O)c2N1. The van der Waals surface area contributed by atoms with Crippen LogP contribution in [0.25, 0.3) is 0 Å². The van der Waals surface area contributed by atoms with Gasteiger partial charge in [-0.05, 0) is 12.3 Å². The number of carbonyl (C=O) groups is 1. The van der Waals surface area contributed by atoms with E-state index in [4.69, 9.17) is 16.2 Å². The monoisotopic (exact) mass is 324 g/mol. The Balaban J connectivity index is 2.12. The number of hydrogen-bond acceptors (Lipinski definition) is 8. The molecule has 0 amide bonds. The zero-order valence-electron chi connectivity index (χ0n) is 13.6. The second-order valence-corrected chi connectivity index (χ2v) is 5.96. The number of nitrogens with two attached hydrogens (primary N) is 2. The van der Waals surface area contributed by atoms with Crippen LogP contribution in [0, 0.1) is 5.92 Å². The van der Waals surface area contributed by atoms with Gasteiger partial charge in [0.15, 0.2) is 5.82 Å². The maximum absolute atomic E-state index is 12.1.